The van der Waals surface area contributed by atoms with E-state index in [1.54, 1.807) is 12.1 Å². The van der Waals surface area contributed by atoms with Gasteiger partial charge >= 0.3 is 0 Å². The zero-order valence-corrected chi connectivity index (χ0v) is 10.3. The first kappa shape index (κ1) is 12.7. The second-order valence-corrected chi connectivity index (χ2v) is 3.96. The summed E-state index contributed by atoms with van der Waals surface area (Å²) in [5, 5.41) is 4.27. The number of hydrogen-bond acceptors (Lipinski definition) is 6. The van der Waals surface area contributed by atoms with Crippen molar-refractivity contribution in [3.05, 3.63) is 29.2 Å². The molecule has 2 aromatic heterocycles. The van der Waals surface area contributed by atoms with E-state index in [0.717, 1.165) is 0 Å². The molecule has 0 unspecified atom stereocenters. The zero-order valence-electron chi connectivity index (χ0n) is 9.59. The molecule has 0 aromatic carbocycles. The summed E-state index contributed by atoms with van der Waals surface area (Å²) in [6.45, 7) is 0.0247. The molecule has 2 aromatic rings. The van der Waals surface area contributed by atoms with Gasteiger partial charge in [0.05, 0.1) is 11.4 Å². The van der Waals surface area contributed by atoms with E-state index in [-0.39, 0.29) is 24.7 Å². The van der Waals surface area contributed by atoms with E-state index >= 15 is 0 Å². The third-order valence-corrected chi connectivity index (χ3v) is 2.30. The average molecular weight is 268 g/mol. The van der Waals surface area contributed by atoms with Crippen molar-refractivity contribution < 1.29 is 14.1 Å². The minimum Gasteiger partial charge on any atom is -0.377 e. The van der Waals surface area contributed by atoms with Crippen LogP contribution in [0.3, 0.4) is 0 Å². The van der Waals surface area contributed by atoms with Gasteiger partial charge < -0.3 is 9.26 Å². The molecule has 0 saturated heterocycles. The van der Waals surface area contributed by atoms with Crippen molar-refractivity contribution in [2.45, 2.75) is 6.42 Å². The Morgan fingerprint density at radius 1 is 1.50 bits per heavy atom. The van der Waals surface area contributed by atoms with E-state index in [0.29, 0.717) is 16.5 Å². The molecule has 7 heteroatoms. The largest absolute Gasteiger partial charge is 0.377 e. The molecule has 0 radical (unpaired) electrons. The van der Waals surface area contributed by atoms with Crippen LogP contribution in [-0.4, -0.2) is 34.6 Å². The monoisotopic (exact) mass is 267 g/mol. The van der Waals surface area contributed by atoms with Crippen molar-refractivity contribution >= 4 is 17.4 Å². The summed E-state index contributed by atoms with van der Waals surface area (Å²) in [5.74, 6) is 0.437. The van der Waals surface area contributed by atoms with Crippen LogP contribution in [0.1, 0.15) is 5.89 Å². The third kappa shape index (κ3) is 3.12. The summed E-state index contributed by atoms with van der Waals surface area (Å²) in [4.78, 5) is 19.4. The van der Waals surface area contributed by atoms with Gasteiger partial charge in [0.25, 0.3) is 0 Å². The molecule has 94 valence electrons. The van der Waals surface area contributed by atoms with Gasteiger partial charge in [-0.2, -0.15) is 4.98 Å². The molecule has 0 amide bonds. The fourth-order valence-corrected chi connectivity index (χ4v) is 1.43. The molecule has 0 N–H and O–H groups in total. The maximum absolute atomic E-state index is 11.3. The summed E-state index contributed by atoms with van der Waals surface area (Å²) < 4.78 is 9.67. The summed E-state index contributed by atoms with van der Waals surface area (Å²) in [6, 6.07) is 3.35. The van der Waals surface area contributed by atoms with Crippen molar-refractivity contribution in [3.8, 4) is 11.5 Å². The first-order valence-corrected chi connectivity index (χ1v) is 5.52. The Hall–Kier alpha value is -1.79. The molecule has 0 spiro atoms. The Labute approximate surface area is 108 Å². The van der Waals surface area contributed by atoms with E-state index in [2.05, 4.69) is 15.1 Å². The summed E-state index contributed by atoms with van der Waals surface area (Å²) in [5.41, 5.74) is 0.536. The fourth-order valence-electron chi connectivity index (χ4n) is 1.32. The number of Topliss-reactive ketones (excluding diaryl/α,β-unsaturated/α-hetero) is 1. The molecule has 0 aliphatic rings. The highest BCUT2D eigenvalue weighted by Gasteiger charge is 2.13. The number of methoxy groups -OCH3 is 1. The van der Waals surface area contributed by atoms with Gasteiger partial charge in [0, 0.05) is 13.3 Å². The number of ether oxygens (including phenoxy) is 1. The lowest BCUT2D eigenvalue weighted by Gasteiger charge is -1.93. The molecular formula is C11H10ClN3O3. The van der Waals surface area contributed by atoms with Gasteiger partial charge in [0.2, 0.25) is 11.7 Å². The lowest BCUT2D eigenvalue weighted by molar-refractivity contribution is -0.122. The quantitative estimate of drug-likeness (QED) is 0.818. The molecule has 0 bridgehead atoms. The van der Waals surface area contributed by atoms with Gasteiger partial charge in [-0.05, 0) is 12.1 Å². The van der Waals surface area contributed by atoms with Crippen molar-refractivity contribution in [2.75, 3.05) is 13.7 Å². The summed E-state index contributed by atoms with van der Waals surface area (Å²) >= 11 is 5.72. The second kappa shape index (κ2) is 5.70. The number of halogens is 1. The maximum atomic E-state index is 11.3. The molecule has 2 heterocycles. The van der Waals surface area contributed by atoms with E-state index in [9.17, 15) is 4.79 Å². The van der Waals surface area contributed by atoms with Crippen molar-refractivity contribution in [1.82, 2.24) is 15.1 Å². The summed E-state index contributed by atoms with van der Waals surface area (Å²) in [6.07, 6.45) is 1.54. The normalized spacial score (nSPS) is 10.6. The molecule has 2 rings (SSSR count). The predicted octanol–water partition coefficient (Wildman–Crippen LogP) is 1.54. The number of ketones is 1. The molecule has 0 fully saturated rings. The molecule has 6 nitrogen and oxygen atoms in total. The topological polar surface area (TPSA) is 78.1 Å². The van der Waals surface area contributed by atoms with Gasteiger partial charge in [0.15, 0.2) is 5.78 Å². The number of rotatable bonds is 5. The van der Waals surface area contributed by atoms with Crippen molar-refractivity contribution in [2.24, 2.45) is 0 Å². The Bertz CT molecular complexity index is 539. The van der Waals surface area contributed by atoms with Crippen LogP contribution in [0.15, 0.2) is 22.9 Å². The van der Waals surface area contributed by atoms with Gasteiger partial charge in [-0.15, -0.1) is 0 Å². The number of carbonyl (C=O) groups excluding carboxylic acids is 1. The predicted molar refractivity (Wildman–Crippen MR) is 63.1 cm³/mol. The van der Waals surface area contributed by atoms with E-state index < -0.39 is 0 Å². The zero-order chi connectivity index (χ0) is 13.0. The first-order chi connectivity index (χ1) is 8.69. The smallest absolute Gasteiger partial charge is 0.234 e. The minimum atomic E-state index is -0.128. The lowest BCUT2D eigenvalue weighted by Crippen LogP contribution is -2.09. The van der Waals surface area contributed by atoms with Crippen LogP contribution in [0.25, 0.3) is 11.5 Å². The van der Waals surface area contributed by atoms with Crippen molar-refractivity contribution in [1.29, 1.82) is 0 Å². The van der Waals surface area contributed by atoms with Gasteiger partial charge in [-0.1, -0.05) is 16.8 Å². The van der Waals surface area contributed by atoms with Crippen LogP contribution >= 0.6 is 11.6 Å². The Kier molecular flexibility index (Phi) is 4.01. The van der Waals surface area contributed by atoms with Crippen LogP contribution in [0.4, 0.5) is 0 Å². The van der Waals surface area contributed by atoms with Crippen LogP contribution in [0.5, 0.6) is 0 Å². The maximum Gasteiger partial charge on any atom is 0.234 e. The van der Waals surface area contributed by atoms with E-state index in [4.69, 9.17) is 20.9 Å². The van der Waals surface area contributed by atoms with Gasteiger partial charge in [0.1, 0.15) is 12.3 Å². The molecule has 18 heavy (non-hydrogen) atoms. The Morgan fingerprint density at radius 2 is 2.33 bits per heavy atom. The fraction of sp³-hybridized carbons (Fsp3) is 0.273. The highest BCUT2D eigenvalue weighted by Crippen LogP contribution is 2.15. The molecule has 0 aliphatic carbocycles. The number of hydrogen-bond donors (Lipinski definition) is 0. The number of nitrogens with zero attached hydrogens (tertiary/aromatic N) is 3. The first-order valence-electron chi connectivity index (χ1n) is 5.14. The summed E-state index contributed by atoms with van der Waals surface area (Å²) in [7, 11) is 1.45. The lowest BCUT2D eigenvalue weighted by atomic mass is 10.3. The van der Waals surface area contributed by atoms with Crippen LogP contribution in [-0.2, 0) is 16.0 Å². The minimum absolute atomic E-state index is 0.0247. The number of carbonyl (C=O) groups is 1. The highest BCUT2D eigenvalue weighted by atomic mass is 35.5. The van der Waals surface area contributed by atoms with Gasteiger partial charge in [-0.25, -0.2) is 0 Å². The number of pyridine rings is 1. The molecule has 0 aliphatic heterocycles. The standard InChI is InChI=1S/C11H10ClN3O3/c1-17-6-8(16)4-10-14-11(15-18-10)9-3-2-7(12)5-13-9/h2-3,5H,4,6H2,1H3. The Balaban J connectivity index is 2.10. The van der Waals surface area contributed by atoms with E-state index in [1.807, 2.05) is 0 Å². The highest BCUT2D eigenvalue weighted by molar-refractivity contribution is 6.30. The molecule has 0 atom stereocenters. The van der Waals surface area contributed by atoms with Crippen LogP contribution in [0, 0.1) is 0 Å². The van der Waals surface area contributed by atoms with Crippen LogP contribution in [0.2, 0.25) is 5.02 Å². The number of aromatic nitrogens is 3. The Morgan fingerprint density at radius 3 is 3.00 bits per heavy atom. The molecule has 0 saturated carbocycles. The molecular weight excluding hydrogens is 258 g/mol. The SMILES string of the molecule is COCC(=O)Cc1nc(-c2ccc(Cl)cn2)no1. The van der Waals surface area contributed by atoms with E-state index in [1.165, 1.54) is 13.3 Å². The van der Waals surface area contributed by atoms with Gasteiger partial charge in [-0.3, -0.25) is 9.78 Å². The average Bonchev–Trinajstić information content (AvgIpc) is 2.78. The van der Waals surface area contributed by atoms with Crippen molar-refractivity contribution in [3.63, 3.8) is 0 Å². The van der Waals surface area contributed by atoms with Crippen LogP contribution < -0.4 is 0 Å². The third-order valence-electron chi connectivity index (χ3n) is 2.08. The second-order valence-electron chi connectivity index (χ2n) is 3.52.